The molecule has 0 spiro atoms. The zero-order valence-electron chi connectivity index (χ0n) is 14.6. The summed E-state index contributed by atoms with van der Waals surface area (Å²) in [6.45, 7) is 0.343. The van der Waals surface area contributed by atoms with Gasteiger partial charge in [-0.1, -0.05) is 24.3 Å². The quantitative estimate of drug-likeness (QED) is 0.568. The van der Waals surface area contributed by atoms with Crippen molar-refractivity contribution in [3.8, 4) is 0 Å². The Balaban J connectivity index is 1.60. The first-order valence-electron chi connectivity index (χ1n) is 8.13. The third-order valence-electron chi connectivity index (χ3n) is 4.06. The SMILES string of the molecule is COC(=O)c1ccc(/C=C/C(=O)NCc2nc3ccccc3n2C)cc1. The molecule has 0 fully saturated rings. The van der Waals surface area contributed by atoms with Crippen LogP contribution in [0.2, 0.25) is 0 Å². The lowest BCUT2D eigenvalue weighted by Crippen LogP contribution is -2.22. The molecule has 0 aliphatic heterocycles. The number of fused-ring (bicyclic) bond motifs is 1. The number of nitrogens with one attached hydrogen (secondary N) is 1. The van der Waals surface area contributed by atoms with Gasteiger partial charge in [0.15, 0.2) is 0 Å². The van der Waals surface area contributed by atoms with E-state index < -0.39 is 0 Å². The smallest absolute Gasteiger partial charge is 0.337 e. The number of benzene rings is 2. The number of methoxy groups -OCH3 is 1. The summed E-state index contributed by atoms with van der Waals surface area (Å²) in [5.41, 5.74) is 3.21. The molecule has 0 unspecified atom stereocenters. The molecular formula is C20H19N3O3. The van der Waals surface area contributed by atoms with Crippen molar-refractivity contribution in [2.24, 2.45) is 7.05 Å². The van der Waals surface area contributed by atoms with Gasteiger partial charge in [0, 0.05) is 13.1 Å². The van der Waals surface area contributed by atoms with Gasteiger partial charge in [0.2, 0.25) is 5.91 Å². The number of nitrogens with zero attached hydrogens (tertiary/aromatic N) is 2. The summed E-state index contributed by atoms with van der Waals surface area (Å²) in [6, 6.07) is 14.6. The predicted octanol–water partition coefficient (Wildman–Crippen LogP) is 2.69. The first-order valence-corrected chi connectivity index (χ1v) is 8.13. The van der Waals surface area contributed by atoms with Crippen molar-refractivity contribution in [2.45, 2.75) is 6.54 Å². The number of esters is 1. The van der Waals surface area contributed by atoms with E-state index in [0.29, 0.717) is 12.1 Å². The van der Waals surface area contributed by atoms with Crippen LogP contribution in [0.15, 0.2) is 54.6 Å². The average Bonchev–Trinajstić information content (AvgIpc) is 3.00. The lowest BCUT2D eigenvalue weighted by molar-refractivity contribution is -0.116. The molecule has 1 amide bonds. The van der Waals surface area contributed by atoms with Crippen LogP contribution < -0.4 is 5.32 Å². The summed E-state index contributed by atoms with van der Waals surface area (Å²) >= 11 is 0. The molecule has 3 rings (SSSR count). The summed E-state index contributed by atoms with van der Waals surface area (Å²) < 4.78 is 6.61. The van der Waals surface area contributed by atoms with Crippen molar-refractivity contribution in [1.29, 1.82) is 0 Å². The van der Waals surface area contributed by atoms with Crippen LogP contribution in [-0.2, 0) is 23.1 Å². The molecule has 0 saturated heterocycles. The fourth-order valence-electron chi connectivity index (χ4n) is 2.60. The standard InChI is InChI=1S/C20H19N3O3/c1-23-17-6-4-3-5-16(17)22-18(23)13-21-19(24)12-9-14-7-10-15(11-8-14)20(25)26-2/h3-12H,13H2,1-2H3,(H,21,24)/b12-9+. The average molecular weight is 349 g/mol. The fourth-order valence-corrected chi connectivity index (χ4v) is 2.60. The number of aryl methyl sites for hydroxylation is 1. The normalized spacial score (nSPS) is 11.0. The van der Waals surface area contributed by atoms with Crippen LogP contribution in [-0.4, -0.2) is 28.5 Å². The molecule has 1 heterocycles. The van der Waals surface area contributed by atoms with Gasteiger partial charge >= 0.3 is 5.97 Å². The highest BCUT2D eigenvalue weighted by molar-refractivity contribution is 5.92. The van der Waals surface area contributed by atoms with Gasteiger partial charge in [-0.15, -0.1) is 0 Å². The van der Waals surface area contributed by atoms with Crippen LogP contribution in [0.4, 0.5) is 0 Å². The van der Waals surface area contributed by atoms with E-state index in [9.17, 15) is 9.59 Å². The van der Waals surface area contributed by atoms with Crippen molar-refractivity contribution in [2.75, 3.05) is 7.11 Å². The van der Waals surface area contributed by atoms with Gasteiger partial charge in [-0.05, 0) is 35.9 Å². The molecule has 0 atom stereocenters. The van der Waals surface area contributed by atoms with E-state index >= 15 is 0 Å². The summed E-state index contributed by atoms with van der Waals surface area (Å²) in [5, 5.41) is 2.83. The largest absolute Gasteiger partial charge is 0.465 e. The van der Waals surface area contributed by atoms with Gasteiger partial charge < -0.3 is 14.6 Å². The second-order valence-corrected chi connectivity index (χ2v) is 5.74. The number of imidazole rings is 1. The highest BCUT2D eigenvalue weighted by Crippen LogP contribution is 2.14. The number of carbonyl (C=O) groups excluding carboxylic acids is 2. The summed E-state index contributed by atoms with van der Waals surface area (Å²) in [5.74, 6) is 0.185. The molecule has 6 nitrogen and oxygen atoms in total. The Bertz CT molecular complexity index is 972. The Morgan fingerprint density at radius 2 is 1.88 bits per heavy atom. The van der Waals surface area contributed by atoms with E-state index in [-0.39, 0.29) is 11.9 Å². The third kappa shape index (κ3) is 3.80. The maximum atomic E-state index is 12.0. The third-order valence-corrected chi connectivity index (χ3v) is 4.06. The Kier molecular flexibility index (Phi) is 5.12. The van der Waals surface area contributed by atoms with Crippen molar-refractivity contribution in [3.63, 3.8) is 0 Å². The number of hydrogen-bond acceptors (Lipinski definition) is 4. The Labute approximate surface area is 151 Å². The zero-order valence-corrected chi connectivity index (χ0v) is 14.6. The molecule has 2 aromatic carbocycles. The number of amides is 1. The van der Waals surface area contributed by atoms with Crippen LogP contribution >= 0.6 is 0 Å². The molecule has 3 aromatic rings. The monoisotopic (exact) mass is 349 g/mol. The molecular weight excluding hydrogens is 330 g/mol. The molecule has 0 aliphatic rings. The number of carbonyl (C=O) groups is 2. The molecule has 0 radical (unpaired) electrons. The maximum Gasteiger partial charge on any atom is 0.337 e. The molecule has 6 heteroatoms. The van der Waals surface area contributed by atoms with E-state index in [1.54, 1.807) is 30.3 Å². The van der Waals surface area contributed by atoms with Crippen LogP contribution in [0.5, 0.6) is 0 Å². The lowest BCUT2D eigenvalue weighted by Gasteiger charge is -2.03. The lowest BCUT2D eigenvalue weighted by atomic mass is 10.1. The van der Waals surface area contributed by atoms with Crippen molar-refractivity contribution < 1.29 is 14.3 Å². The summed E-state index contributed by atoms with van der Waals surface area (Å²) in [7, 11) is 3.26. The maximum absolute atomic E-state index is 12.0. The van der Waals surface area contributed by atoms with Gasteiger partial charge in [0.05, 0.1) is 30.3 Å². The van der Waals surface area contributed by atoms with Gasteiger partial charge in [0.1, 0.15) is 5.82 Å². The summed E-state index contributed by atoms with van der Waals surface area (Å²) in [4.78, 5) is 27.9. The van der Waals surface area contributed by atoms with Crippen molar-refractivity contribution in [3.05, 3.63) is 71.6 Å². The molecule has 0 aliphatic carbocycles. The first-order chi connectivity index (χ1) is 12.6. The Morgan fingerprint density at radius 1 is 1.15 bits per heavy atom. The number of aromatic nitrogens is 2. The van der Waals surface area contributed by atoms with E-state index in [1.165, 1.54) is 13.2 Å². The predicted molar refractivity (Wildman–Crippen MR) is 99.4 cm³/mol. The number of hydrogen-bond donors (Lipinski definition) is 1. The Morgan fingerprint density at radius 3 is 2.58 bits per heavy atom. The van der Waals surface area contributed by atoms with Crippen LogP contribution in [0, 0.1) is 0 Å². The molecule has 26 heavy (non-hydrogen) atoms. The molecule has 1 aromatic heterocycles. The van der Waals surface area contributed by atoms with Gasteiger partial charge in [-0.25, -0.2) is 9.78 Å². The van der Waals surface area contributed by atoms with Crippen LogP contribution in [0.25, 0.3) is 17.1 Å². The summed E-state index contributed by atoms with van der Waals surface area (Å²) in [6.07, 6.45) is 3.14. The van der Waals surface area contributed by atoms with E-state index in [0.717, 1.165) is 22.4 Å². The topological polar surface area (TPSA) is 73.2 Å². The molecule has 132 valence electrons. The van der Waals surface area contributed by atoms with Gasteiger partial charge in [-0.2, -0.15) is 0 Å². The number of rotatable bonds is 5. The highest BCUT2D eigenvalue weighted by Gasteiger charge is 2.07. The van der Waals surface area contributed by atoms with Crippen LogP contribution in [0.1, 0.15) is 21.7 Å². The minimum atomic E-state index is -0.388. The second kappa shape index (κ2) is 7.65. The van der Waals surface area contributed by atoms with E-state index in [1.807, 2.05) is 35.9 Å². The first kappa shape index (κ1) is 17.4. The van der Waals surface area contributed by atoms with E-state index in [4.69, 9.17) is 0 Å². The fraction of sp³-hybridized carbons (Fsp3) is 0.150. The van der Waals surface area contributed by atoms with Crippen LogP contribution in [0.3, 0.4) is 0 Å². The zero-order chi connectivity index (χ0) is 18.5. The van der Waals surface area contributed by atoms with E-state index in [2.05, 4.69) is 15.0 Å². The van der Waals surface area contributed by atoms with Crippen molar-refractivity contribution >= 4 is 29.0 Å². The number of para-hydroxylation sites is 2. The minimum Gasteiger partial charge on any atom is -0.465 e. The van der Waals surface area contributed by atoms with Gasteiger partial charge in [0.25, 0.3) is 0 Å². The second-order valence-electron chi connectivity index (χ2n) is 5.74. The number of ether oxygens (including phenoxy) is 1. The minimum absolute atomic E-state index is 0.214. The molecule has 0 bridgehead atoms. The highest BCUT2D eigenvalue weighted by atomic mass is 16.5. The molecule has 1 N–H and O–H groups in total. The molecule has 0 saturated carbocycles. The van der Waals surface area contributed by atoms with Crippen molar-refractivity contribution in [1.82, 2.24) is 14.9 Å². The Hall–Kier alpha value is -3.41. The van der Waals surface area contributed by atoms with Gasteiger partial charge in [-0.3, -0.25) is 4.79 Å².